The number of hydrogen-bond acceptors (Lipinski definition) is 4. The van der Waals surface area contributed by atoms with E-state index in [1.165, 1.54) is 14.0 Å². The standard InChI is InChI=1S/C9H16O4/c1-4-5-13-6-8(10)7(2)9(11)12-3/h7H,4-6H2,1-3H3. The largest absolute Gasteiger partial charge is 0.468 e. The minimum Gasteiger partial charge on any atom is -0.468 e. The van der Waals surface area contributed by atoms with Crippen LogP contribution in [-0.2, 0) is 19.1 Å². The molecule has 0 spiro atoms. The van der Waals surface area contributed by atoms with Crippen LogP contribution in [0.25, 0.3) is 0 Å². The third kappa shape index (κ3) is 4.62. The molecule has 13 heavy (non-hydrogen) atoms. The van der Waals surface area contributed by atoms with E-state index < -0.39 is 11.9 Å². The molecular weight excluding hydrogens is 172 g/mol. The Kier molecular flexibility index (Phi) is 6.14. The van der Waals surface area contributed by atoms with Crippen molar-refractivity contribution in [3.05, 3.63) is 0 Å². The maximum atomic E-state index is 11.2. The van der Waals surface area contributed by atoms with E-state index in [9.17, 15) is 9.59 Å². The molecule has 1 unspecified atom stereocenters. The van der Waals surface area contributed by atoms with Gasteiger partial charge in [0.25, 0.3) is 0 Å². The molecule has 0 bridgehead atoms. The Morgan fingerprint density at radius 1 is 1.38 bits per heavy atom. The molecule has 0 aromatic rings. The van der Waals surface area contributed by atoms with Gasteiger partial charge in [0.2, 0.25) is 0 Å². The van der Waals surface area contributed by atoms with Gasteiger partial charge in [0.15, 0.2) is 5.78 Å². The monoisotopic (exact) mass is 188 g/mol. The number of ketones is 1. The highest BCUT2D eigenvalue weighted by Gasteiger charge is 2.21. The quantitative estimate of drug-likeness (QED) is 0.351. The molecule has 0 N–H and O–H groups in total. The second-order valence-corrected chi connectivity index (χ2v) is 2.76. The van der Waals surface area contributed by atoms with E-state index in [1.807, 2.05) is 6.92 Å². The van der Waals surface area contributed by atoms with Gasteiger partial charge in [0.05, 0.1) is 7.11 Å². The molecule has 0 fully saturated rings. The normalized spacial score (nSPS) is 12.2. The summed E-state index contributed by atoms with van der Waals surface area (Å²) >= 11 is 0. The van der Waals surface area contributed by atoms with Gasteiger partial charge in [-0.15, -0.1) is 0 Å². The molecule has 0 saturated carbocycles. The van der Waals surface area contributed by atoms with Gasteiger partial charge in [-0.05, 0) is 13.3 Å². The molecule has 76 valence electrons. The van der Waals surface area contributed by atoms with E-state index >= 15 is 0 Å². The smallest absolute Gasteiger partial charge is 0.316 e. The maximum absolute atomic E-state index is 11.2. The van der Waals surface area contributed by atoms with E-state index in [0.29, 0.717) is 6.61 Å². The van der Waals surface area contributed by atoms with Crippen LogP contribution in [-0.4, -0.2) is 32.1 Å². The number of carbonyl (C=O) groups excluding carboxylic acids is 2. The third-order valence-corrected chi connectivity index (χ3v) is 1.63. The van der Waals surface area contributed by atoms with Gasteiger partial charge in [0, 0.05) is 6.61 Å². The zero-order valence-electron chi connectivity index (χ0n) is 8.33. The molecule has 0 aromatic heterocycles. The number of ether oxygens (including phenoxy) is 2. The summed E-state index contributed by atoms with van der Waals surface area (Å²) < 4.78 is 9.43. The van der Waals surface area contributed by atoms with E-state index in [0.717, 1.165) is 6.42 Å². The zero-order chi connectivity index (χ0) is 10.3. The van der Waals surface area contributed by atoms with Crippen LogP contribution < -0.4 is 0 Å². The highest BCUT2D eigenvalue weighted by atomic mass is 16.5. The van der Waals surface area contributed by atoms with Gasteiger partial charge in [0.1, 0.15) is 12.5 Å². The summed E-state index contributed by atoms with van der Waals surface area (Å²) in [5.41, 5.74) is 0. The van der Waals surface area contributed by atoms with E-state index in [1.54, 1.807) is 0 Å². The fourth-order valence-electron chi connectivity index (χ4n) is 0.750. The number of carbonyl (C=O) groups is 2. The number of hydrogen-bond donors (Lipinski definition) is 0. The molecule has 0 aliphatic heterocycles. The first-order chi connectivity index (χ1) is 6.13. The number of methoxy groups -OCH3 is 1. The highest BCUT2D eigenvalue weighted by molar-refractivity contribution is 5.99. The Morgan fingerprint density at radius 3 is 2.46 bits per heavy atom. The van der Waals surface area contributed by atoms with Gasteiger partial charge >= 0.3 is 5.97 Å². The van der Waals surface area contributed by atoms with Crippen LogP contribution in [0.1, 0.15) is 20.3 Å². The van der Waals surface area contributed by atoms with Crippen molar-refractivity contribution in [3.8, 4) is 0 Å². The summed E-state index contributed by atoms with van der Waals surface area (Å²) in [6.45, 7) is 4.00. The minimum absolute atomic E-state index is 0.00981. The Balaban J connectivity index is 3.76. The first-order valence-electron chi connectivity index (χ1n) is 4.31. The molecule has 0 radical (unpaired) electrons. The van der Waals surface area contributed by atoms with Crippen LogP contribution in [0, 0.1) is 5.92 Å². The number of Topliss-reactive ketones (excluding diaryl/α,β-unsaturated/α-hetero) is 1. The van der Waals surface area contributed by atoms with Crippen molar-refractivity contribution in [1.82, 2.24) is 0 Å². The Morgan fingerprint density at radius 2 is 2.00 bits per heavy atom. The molecule has 0 aliphatic rings. The highest BCUT2D eigenvalue weighted by Crippen LogP contribution is 2.00. The number of esters is 1. The molecule has 0 aliphatic carbocycles. The topological polar surface area (TPSA) is 52.6 Å². The van der Waals surface area contributed by atoms with Gasteiger partial charge in [-0.3, -0.25) is 9.59 Å². The fraction of sp³-hybridized carbons (Fsp3) is 0.778. The van der Waals surface area contributed by atoms with Crippen LogP contribution in [0.4, 0.5) is 0 Å². The van der Waals surface area contributed by atoms with Crippen LogP contribution in [0.5, 0.6) is 0 Å². The predicted molar refractivity (Wildman–Crippen MR) is 47.3 cm³/mol. The van der Waals surface area contributed by atoms with Gasteiger partial charge in [-0.2, -0.15) is 0 Å². The molecule has 0 aromatic carbocycles. The first-order valence-corrected chi connectivity index (χ1v) is 4.31. The summed E-state index contributed by atoms with van der Waals surface area (Å²) in [7, 11) is 1.26. The van der Waals surface area contributed by atoms with E-state index in [2.05, 4.69) is 4.74 Å². The second-order valence-electron chi connectivity index (χ2n) is 2.76. The molecule has 1 atom stereocenters. The lowest BCUT2D eigenvalue weighted by molar-refractivity contribution is -0.149. The predicted octanol–water partition coefficient (Wildman–Crippen LogP) is 0.791. The fourth-order valence-corrected chi connectivity index (χ4v) is 0.750. The second kappa shape index (κ2) is 6.60. The number of rotatable bonds is 6. The average Bonchev–Trinajstić information content (AvgIpc) is 2.15. The van der Waals surface area contributed by atoms with Crippen molar-refractivity contribution in [2.75, 3.05) is 20.3 Å². The maximum Gasteiger partial charge on any atom is 0.316 e. The Labute approximate surface area is 78.2 Å². The van der Waals surface area contributed by atoms with E-state index in [-0.39, 0.29) is 12.4 Å². The van der Waals surface area contributed by atoms with Gasteiger partial charge in [-0.25, -0.2) is 0 Å². The van der Waals surface area contributed by atoms with Crippen molar-refractivity contribution < 1.29 is 19.1 Å². The third-order valence-electron chi connectivity index (χ3n) is 1.63. The van der Waals surface area contributed by atoms with Crippen molar-refractivity contribution >= 4 is 11.8 Å². The lowest BCUT2D eigenvalue weighted by atomic mass is 10.1. The molecule has 4 heteroatoms. The first kappa shape index (κ1) is 12.1. The average molecular weight is 188 g/mol. The Bertz CT molecular complexity index is 176. The molecule has 0 saturated heterocycles. The van der Waals surface area contributed by atoms with Crippen LogP contribution in [0.15, 0.2) is 0 Å². The van der Waals surface area contributed by atoms with Crippen LogP contribution >= 0.6 is 0 Å². The minimum atomic E-state index is -0.721. The van der Waals surface area contributed by atoms with Gasteiger partial charge in [-0.1, -0.05) is 6.92 Å². The van der Waals surface area contributed by atoms with Crippen LogP contribution in [0.2, 0.25) is 0 Å². The molecule has 0 heterocycles. The SMILES string of the molecule is CCCOCC(=O)C(C)C(=O)OC. The van der Waals surface area contributed by atoms with E-state index in [4.69, 9.17) is 4.74 Å². The summed E-state index contributed by atoms with van der Waals surface area (Å²) in [5.74, 6) is -1.47. The summed E-state index contributed by atoms with van der Waals surface area (Å²) in [6.07, 6.45) is 0.861. The summed E-state index contributed by atoms with van der Waals surface area (Å²) in [5, 5.41) is 0. The lowest BCUT2D eigenvalue weighted by Gasteiger charge is -2.07. The van der Waals surface area contributed by atoms with Gasteiger partial charge < -0.3 is 9.47 Å². The Hall–Kier alpha value is -0.900. The molecule has 0 rings (SSSR count). The molecular formula is C9H16O4. The lowest BCUT2D eigenvalue weighted by Crippen LogP contribution is -2.26. The van der Waals surface area contributed by atoms with Crippen molar-refractivity contribution in [3.63, 3.8) is 0 Å². The molecule has 0 amide bonds. The van der Waals surface area contributed by atoms with Crippen molar-refractivity contribution in [2.24, 2.45) is 5.92 Å². The zero-order valence-corrected chi connectivity index (χ0v) is 8.33. The van der Waals surface area contributed by atoms with Crippen LogP contribution in [0.3, 0.4) is 0 Å². The summed E-state index contributed by atoms with van der Waals surface area (Å²) in [4.78, 5) is 22.1. The molecule has 4 nitrogen and oxygen atoms in total. The van der Waals surface area contributed by atoms with Crippen molar-refractivity contribution in [2.45, 2.75) is 20.3 Å². The van der Waals surface area contributed by atoms with Crippen molar-refractivity contribution in [1.29, 1.82) is 0 Å². The summed E-state index contributed by atoms with van der Waals surface area (Å²) in [6, 6.07) is 0.